The molecule has 1 N–H and O–H groups in total. The van der Waals surface area contributed by atoms with E-state index in [1.807, 2.05) is 6.07 Å². The van der Waals surface area contributed by atoms with Gasteiger partial charge in [-0.2, -0.15) is 0 Å². The van der Waals surface area contributed by atoms with E-state index >= 15 is 0 Å². The van der Waals surface area contributed by atoms with Crippen molar-refractivity contribution in [1.29, 1.82) is 0 Å². The van der Waals surface area contributed by atoms with E-state index in [-0.39, 0.29) is 5.41 Å². The Bertz CT molecular complexity index is 418. The summed E-state index contributed by atoms with van der Waals surface area (Å²) in [6, 6.07) is 4.19. The third-order valence-corrected chi connectivity index (χ3v) is 6.21. The predicted molar refractivity (Wildman–Crippen MR) is 78.7 cm³/mol. The number of methoxy groups -OCH3 is 1. The molecule has 1 fully saturated rings. The fourth-order valence-electron chi connectivity index (χ4n) is 3.06. The molecule has 1 saturated carbocycles. The van der Waals surface area contributed by atoms with Crippen LogP contribution in [0.25, 0.3) is 0 Å². The summed E-state index contributed by atoms with van der Waals surface area (Å²) in [5.74, 6) is 0.663. The first-order valence-electron chi connectivity index (χ1n) is 6.40. The molecule has 1 aromatic heterocycles. The van der Waals surface area contributed by atoms with Gasteiger partial charge in [0.2, 0.25) is 0 Å². The number of halogens is 1. The van der Waals surface area contributed by atoms with Crippen LogP contribution in [0.5, 0.6) is 0 Å². The van der Waals surface area contributed by atoms with Crippen LogP contribution in [-0.4, -0.2) is 26.8 Å². The van der Waals surface area contributed by atoms with Crippen molar-refractivity contribution in [3.8, 4) is 0 Å². The molecule has 0 radical (unpaired) electrons. The van der Waals surface area contributed by atoms with Crippen molar-refractivity contribution in [2.45, 2.75) is 26.2 Å². The van der Waals surface area contributed by atoms with Crippen LogP contribution in [0, 0.1) is 11.3 Å². The zero-order valence-corrected chi connectivity index (χ0v) is 13.1. The van der Waals surface area contributed by atoms with Crippen molar-refractivity contribution >= 4 is 22.9 Å². The van der Waals surface area contributed by atoms with E-state index in [9.17, 15) is 0 Å². The van der Waals surface area contributed by atoms with Gasteiger partial charge in [0.25, 0.3) is 0 Å². The molecule has 2 atom stereocenters. The van der Waals surface area contributed by atoms with Crippen molar-refractivity contribution in [3.05, 3.63) is 21.3 Å². The van der Waals surface area contributed by atoms with Gasteiger partial charge in [-0.15, -0.1) is 11.3 Å². The smallest absolute Gasteiger partial charge is 0.0931 e. The summed E-state index contributed by atoms with van der Waals surface area (Å²) in [5.41, 5.74) is 0.589. The lowest BCUT2D eigenvalue weighted by Gasteiger charge is -2.12. The number of rotatable bonds is 6. The van der Waals surface area contributed by atoms with E-state index < -0.39 is 0 Å². The second-order valence-electron chi connectivity index (χ2n) is 5.78. The summed E-state index contributed by atoms with van der Waals surface area (Å²) in [5, 5.41) is 3.48. The first-order chi connectivity index (χ1) is 8.44. The first kappa shape index (κ1) is 14.3. The Hall–Kier alpha value is -0.0900. The van der Waals surface area contributed by atoms with Crippen molar-refractivity contribution in [3.63, 3.8) is 0 Å². The molecule has 2 rings (SSSR count). The monoisotopic (exact) mass is 287 g/mol. The molecule has 1 heterocycles. The maximum Gasteiger partial charge on any atom is 0.0931 e. The van der Waals surface area contributed by atoms with Crippen LogP contribution >= 0.6 is 22.9 Å². The first-order valence-corrected chi connectivity index (χ1v) is 7.59. The zero-order valence-electron chi connectivity index (χ0n) is 11.5. The van der Waals surface area contributed by atoms with E-state index in [0.717, 1.165) is 24.0 Å². The number of thiophene rings is 1. The van der Waals surface area contributed by atoms with E-state index in [0.29, 0.717) is 11.3 Å². The number of ether oxygens (including phenoxy) is 1. The van der Waals surface area contributed by atoms with Crippen LogP contribution in [0.15, 0.2) is 12.1 Å². The van der Waals surface area contributed by atoms with Gasteiger partial charge in [0.15, 0.2) is 0 Å². The van der Waals surface area contributed by atoms with Crippen LogP contribution in [0.2, 0.25) is 4.34 Å². The van der Waals surface area contributed by atoms with Crippen molar-refractivity contribution in [2.75, 3.05) is 26.8 Å². The lowest BCUT2D eigenvalue weighted by Crippen LogP contribution is -2.23. The normalized spacial score (nSPS) is 29.5. The maximum atomic E-state index is 6.07. The fourth-order valence-corrected chi connectivity index (χ4v) is 4.48. The van der Waals surface area contributed by atoms with Gasteiger partial charge in [0.05, 0.1) is 10.9 Å². The molecule has 1 aliphatic rings. The summed E-state index contributed by atoms with van der Waals surface area (Å²) < 4.78 is 5.95. The third kappa shape index (κ3) is 2.22. The Balaban J connectivity index is 2.01. The molecule has 0 amide bonds. The largest absolute Gasteiger partial charge is 0.383 e. The molecule has 2 unspecified atom stereocenters. The third-order valence-electron chi connectivity index (χ3n) is 4.74. The Kier molecular flexibility index (Phi) is 4.07. The molecule has 0 bridgehead atoms. The highest BCUT2D eigenvalue weighted by atomic mass is 35.5. The zero-order chi connectivity index (χ0) is 13.4. The Morgan fingerprint density at radius 3 is 2.67 bits per heavy atom. The Labute approximate surface area is 119 Å². The molecular formula is C14H22ClNOS. The molecular weight excluding hydrogens is 266 g/mol. The molecule has 1 aliphatic carbocycles. The second kappa shape index (κ2) is 5.12. The standard InChI is InChI=1S/C14H22ClNOS/c1-13(2)10(9-16-7-8-17-4)14(13,3)11-5-6-12(15)18-11/h5-6,10,16H,7-9H2,1-4H3. The highest BCUT2D eigenvalue weighted by molar-refractivity contribution is 7.16. The quantitative estimate of drug-likeness (QED) is 0.808. The lowest BCUT2D eigenvalue weighted by molar-refractivity contribution is 0.198. The molecule has 0 aromatic carbocycles. The maximum absolute atomic E-state index is 6.07. The van der Waals surface area contributed by atoms with Gasteiger partial charge in [0.1, 0.15) is 0 Å². The average molecular weight is 288 g/mol. The van der Waals surface area contributed by atoms with Gasteiger partial charge in [-0.25, -0.2) is 0 Å². The molecule has 0 aliphatic heterocycles. The van der Waals surface area contributed by atoms with Crippen molar-refractivity contribution in [1.82, 2.24) is 5.32 Å². The summed E-state index contributed by atoms with van der Waals surface area (Å²) >= 11 is 7.79. The summed E-state index contributed by atoms with van der Waals surface area (Å²) in [6.45, 7) is 9.80. The topological polar surface area (TPSA) is 21.3 Å². The van der Waals surface area contributed by atoms with Gasteiger partial charge in [-0.1, -0.05) is 32.4 Å². The average Bonchev–Trinajstić information content (AvgIpc) is 2.68. The Morgan fingerprint density at radius 1 is 1.39 bits per heavy atom. The van der Waals surface area contributed by atoms with Crippen LogP contribution in [0.1, 0.15) is 25.6 Å². The fraction of sp³-hybridized carbons (Fsp3) is 0.714. The van der Waals surface area contributed by atoms with Gasteiger partial charge >= 0.3 is 0 Å². The molecule has 1 aromatic rings. The van der Waals surface area contributed by atoms with Crippen LogP contribution < -0.4 is 5.32 Å². The van der Waals surface area contributed by atoms with Crippen LogP contribution in [-0.2, 0) is 10.2 Å². The van der Waals surface area contributed by atoms with E-state index in [4.69, 9.17) is 16.3 Å². The van der Waals surface area contributed by atoms with E-state index in [1.54, 1.807) is 18.4 Å². The SMILES string of the molecule is COCCNCC1C(C)(C)C1(C)c1ccc(Cl)s1. The van der Waals surface area contributed by atoms with Gasteiger partial charge in [-0.3, -0.25) is 0 Å². The highest BCUT2D eigenvalue weighted by Gasteiger charge is 2.68. The van der Waals surface area contributed by atoms with Crippen molar-refractivity contribution in [2.24, 2.45) is 11.3 Å². The minimum absolute atomic E-state index is 0.255. The van der Waals surface area contributed by atoms with Crippen LogP contribution in [0.4, 0.5) is 0 Å². The van der Waals surface area contributed by atoms with E-state index in [1.165, 1.54) is 4.88 Å². The summed E-state index contributed by atoms with van der Waals surface area (Å²) in [6.07, 6.45) is 0. The molecule has 18 heavy (non-hydrogen) atoms. The number of hydrogen-bond donors (Lipinski definition) is 1. The van der Waals surface area contributed by atoms with Crippen molar-refractivity contribution < 1.29 is 4.74 Å². The summed E-state index contributed by atoms with van der Waals surface area (Å²) in [4.78, 5) is 1.41. The molecule has 2 nitrogen and oxygen atoms in total. The minimum atomic E-state index is 0.255. The number of nitrogens with one attached hydrogen (secondary N) is 1. The van der Waals surface area contributed by atoms with E-state index in [2.05, 4.69) is 32.2 Å². The minimum Gasteiger partial charge on any atom is -0.383 e. The predicted octanol–water partition coefficient (Wildman–Crippen LogP) is 3.55. The van der Waals surface area contributed by atoms with Gasteiger partial charge in [0, 0.05) is 23.9 Å². The van der Waals surface area contributed by atoms with Gasteiger partial charge in [-0.05, 0) is 30.0 Å². The van der Waals surface area contributed by atoms with Crippen LogP contribution in [0.3, 0.4) is 0 Å². The Morgan fingerprint density at radius 2 is 2.11 bits per heavy atom. The molecule has 0 saturated heterocycles. The lowest BCUT2D eigenvalue weighted by atomic mass is 9.96. The number of hydrogen-bond acceptors (Lipinski definition) is 3. The molecule has 102 valence electrons. The molecule has 4 heteroatoms. The van der Waals surface area contributed by atoms with Gasteiger partial charge < -0.3 is 10.1 Å². The summed E-state index contributed by atoms with van der Waals surface area (Å²) in [7, 11) is 1.74. The second-order valence-corrected chi connectivity index (χ2v) is 7.49. The highest BCUT2D eigenvalue weighted by Crippen LogP contribution is 2.69. The molecule has 0 spiro atoms.